The topological polar surface area (TPSA) is 128 Å². The van der Waals surface area contributed by atoms with Gasteiger partial charge in [-0.1, -0.05) is 0 Å². The summed E-state index contributed by atoms with van der Waals surface area (Å²) in [6.07, 6.45) is 3.93. The number of ether oxygens (including phenoxy) is 6. The number of rotatable bonds is 8. The van der Waals surface area contributed by atoms with E-state index in [1.54, 1.807) is 53.1 Å². The van der Waals surface area contributed by atoms with Gasteiger partial charge < -0.3 is 28.4 Å². The highest BCUT2D eigenvalue weighted by Gasteiger charge is 2.30. The number of fused-ring (bicyclic) bond motifs is 2. The summed E-state index contributed by atoms with van der Waals surface area (Å²) in [5.41, 5.74) is 2.62. The van der Waals surface area contributed by atoms with Gasteiger partial charge in [-0.15, -0.1) is 22.7 Å². The standard InChI is InChI=1S/C30H21N3O8S2/c34-15-40-18-3-5-32-21(11-18)23-13-19(41-16-35)12-22(33-23)20-10-17(2-4-31-20)28-26-27(38-7-1-6-37-26)30(43-28)29-25-24(14-42-29)36-8-9-39-25/h2-5,10-16H,1,6-9H2. The second-order valence-electron chi connectivity index (χ2n) is 9.23. The van der Waals surface area contributed by atoms with Gasteiger partial charge in [0.25, 0.3) is 12.9 Å². The molecule has 0 saturated heterocycles. The monoisotopic (exact) mass is 615 g/mol. The average Bonchev–Trinajstić information content (AvgIpc) is 3.54. The van der Waals surface area contributed by atoms with Gasteiger partial charge in [0.15, 0.2) is 23.0 Å². The van der Waals surface area contributed by atoms with Gasteiger partial charge in [-0.3, -0.25) is 19.6 Å². The quantitative estimate of drug-likeness (QED) is 0.200. The van der Waals surface area contributed by atoms with Crippen molar-refractivity contribution in [2.24, 2.45) is 0 Å². The molecule has 0 aliphatic carbocycles. The van der Waals surface area contributed by atoms with E-state index in [1.165, 1.54) is 6.20 Å². The van der Waals surface area contributed by atoms with E-state index in [4.69, 9.17) is 33.4 Å². The second-order valence-corrected chi connectivity index (χ2v) is 11.1. The van der Waals surface area contributed by atoms with Crippen LogP contribution < -0.4 is 28.4 Å². The van der Waals surface area contributed by atoms with E-state index in [0.717, 1.165) is 38.1 Å². The lowest BCUT2D eigenvalue weighted by Crippen LogP contribution is -2.14. The van der Waals surface area contributed by atoms with Crippen molar-refractivity contribution in [2.75, 3.05) is 26.4 Å². The van der Waals surface area contributed by atoms with Crippen LogP contribution >= 0.6 is 22.7 Å². The van der Waals surface area contributed by atoms with E-state index < -0.39 is 0 Å². The molecule has 0 radical (unpaired) electrons. The van der Waals surface area contributed by atoms with Crippen molar-refractivity contribution in [1.82, 2.24) is 15.0 Å². The number of carbonyl (C=O) groups excluding carboxylic acids is 2. The fraction of sp³-hybridized carbons (Fsp3) is 0.167. The van der Waals surface area contributed by atoms with Gasteiger partial charge >= 0.3 is 0 Å². The zero-order valence-electron chi connectivity index (χ0n) is 22.3. The van der Waals surface area contributed by atoms with Crippen LogP contribution in [0.2, 0.25) is 0 Å². The van der Waals surface area contributed by atoms with Crippen molar-refractivity contribution in [3.8, 4) is 77.5 Å². The summed E-state index contributed by atoms with van der Waals surface area (Å²) in [5, 5.41) is 1.95. The molecule has 13 heteroatoms. The van der Waals surface area contributed by atoms with Crippen LogP contribution in [0.3, 0.4) is 0 Å². The third-order valence-electron chi connectivity index (χ3n) is 6.56. The molecule has 0 N–H and O–H groups in total. The highest BCUT2D eigenvalue weighted by molar-refractivity contribution is 7.24. The first-order chi connectivity index (χ1) is 21.2. The molecule has 0 amide bonds. The molecule has 0 saturated carbocycles. The lowest BCUT2D eigenvalue weighted by molar-refractivity contribution is -0.121. The van der Waals surface area contributed by atoms with Crippen LogP contribution in [-0.4, -0.2) is 54.3 Å². The molecule has 5 aromatic rings. The van der Waals surface area contributed by atoms with Crippen LogP contribution in [0.1, 0.15) is 6.42 Å². The molecule has 0 bridgehead atoms. The maximum absolute atomic E-state index is 11.2. The van der Waals surface area contributed by atoms with Gasteiger partial charge in [0, 0.05) is 42.4 Å². The van der Waals surface area contributed by atoms with Gasteiger partial charge in [0.2, 0.25) is 0 Å². The van der Waals surface area contributed by atoms with Crippen LogP contribution in [0.25, 0.3) is 43.0 Å². The van der Waals surface area contributed by atoms with E-state index in [1.807, 2.05) is 17.5 Å². The lowest BCUT2D eigenvalue weighted by atomic mass is 10.1. The Morgan fingerprint density at radius 2 is 1.33 bits per heavy atom. The third-order valence-corrected chi connectivity index (χ3v) is 8.86. The first-order valence-electron chi connectivity index (χ1n) is 13.2. The van der Waals surface area contributed by atoms with E-state index in [2.05, 4.69) is 9.97 Å². The summed E-state index contributed by atoms with van der Waals surface area (Å²) in [4.78, 5) is 38.4. The van der Waals surface area contributed by atoms with Crippen molar-refractivity contribution in [2.45, 2.75) is 6.42 Å². The smallest absolute Gasteiger partial charge is 0.298 e. The Bertz CT molecular complexity index is 1840. The zero-order valence-corrected chi connectivity index (χ0v) is 23.9. The minimum atomic E-state index is 0.249. The van der Waals surface area contributed by atoms with Gasteiger partial charge in [-0.2, -0.15) is 0 Å². The Morgan fingerprint density at radius 1 is 0.674 bits per heavy atom. The summed E-state index contributed by atoms with van der Waals surface area (Å²) < 4.78 is 34.4. The van der Waals surface area contributed by atoms with Crippen LogP contribution in [-0.2, 0) is 9.59 Å². The lowest BCUT2D eigenvalue weighted by Gasteiger charge is -2.16. The van der Waals surface area contributed by atoms with Crippen LogP contribution in [0.4, 0.5) is 0 Å². The first kappa shape index (κ1) is 26.9. The third kappa shape index (κ3) is 5.24. The van der Waals surface area contributed by atoms with E-state index in [9.17, 15) is 9.59 Å². The molecule has 0 atom stereocenters. The Labute approximate surface area is 252 Å². The summed E-state index contributed by atoms with van der Waals surface area (Å²) >= 11 is 3.09. The molecule has 2 aliphatic heterocycles. The molecule has 7 rings (SSSR count). The van der Waals surface area contributed by atoms with Crippen LogP contribution in [0.15, 0.2) is 54.2 Å². The Morgan fingerprint density at radius 3 is 2.12 bits per heavy atom. The van der Waals surface area contributed by atoms with E-state index >= 15 is 0 Å². The minimum absolute atomic E-state index is 0.249. The number of carbonyl (C=O) groups is 2. The SMILES string of the molecule is O=COc1ccnc(-c2cc(OC=O)cc(-c3cc(-c4sc(-c5scc6c5OCCO6)c5c4OCCCO5)ccn3)n2)c1. The fourth-order valence-corrected chi connectivity index (χ4v) is 6.97. The Kier molecular flexibility index (Phi) is 7.31. The Hall–Kier alpha value is -5.01. The van der Waals surface area contributed by atoms with Crippen molar-refractivity contribution in [3.63, 3.8) is 0 Å². The highest BCUT2D eigenvalue weighted by Crippen LogP contribution is 2.58. The predicted molar refractivity (Wildman–Crippen MR) is 157 cm³/mol. The second kappa shape index (κ2) is 11.7. The van der Waals surface area contributed by atoms with Gasteiger partial charge in [-0.05, 0) is 23.8 Å². The zero-order chi connectivity index (χ0) is 29.2. The normalized spacial score (nSPS) is 13.6. The van der Waals surface area contributed by atoms with Gasteiger partial charge in [0.05, 0.1) is 50.6 Å². The molecule has 216 valence electrons. The number of hydrogen-bond acceptors (Lipinski definition) is 13. The molecule has 0 aromatic carbocycles. The van der Waals surface area contributed by atoms with E-state index in [0.29, 0.717) is 79.4 Å². The fourth-order valence-electron chi connectivity index (χ4n) is 4.71. The molecule has 5 aromatic heterocycles. The average molecular weight is 616 g/mol. The Balaban J connectivity index is 1.32. The highest BCUT2D eigenvalue weighted by atomic mass is 32.1. The molecule has 43 heavy (non-hydrogen) atoms. The van der Waals surface area contributed by atoms with Gasteiger partial charge in [0.1, 0.15) is 24.7 Å². The molecular weight excluding hydrogens is 594 g/mol. The molecule has 11 nitrogen and oxygen atoms in total. The summed E-state index contributed by atoms with van der Waals surface area (Å²) in [5.74, 6) is 3.34. The van der Waals surface area contributed by atoms with Gasteiger partial charge in [-0.25, -0.2) is 4.98 Å². The molecule has 0 unspecified atom stereocenters. The van der Waals surface area contributed by atoms with Crippen LogP contribution in [0, 0.1) is 0 Å². The number of pyridine rings is 3. The predicted octanol–water partition coefficient (Wildman–Crippen LogP) is 5.67. The molecular formula is C30H21N3O8S2. The summed E-state index contributed by atoms with van der Waals surface area (Å²) in [6, 6.07) is 10.1. The van der Waals surface area contributed by atoms with Crippen LogP contribution in [0.5, 0.6) is 34.5 Å². The first-order valence-corrected chi connectivity index (χ1v) is 14.9. The van der Waals surface area contributed by atoms with E-state index in [-0.39, 0.29) is 5.75 Å². The summed E-state index contributed by atoms with van der Waals surface area (Å²) in [6.45, 7) is 2.72. The van der Waals surface area contributed by atoms with Crippen molar-refractivity contribution >= 4 is 35.6 Å². The van der Waals surface area contributed by atoms with Crippen molar-refractivity contribution in [1.29, 1.82) is 0 Å². The molecule has 2 aliphatic rings. The molecule has 0 spiro atoms. The number of nitrogens with zero attached hydrogens (tertiary/aromatic N) is 3. The van der Waals surface area contributed by atoms with Crippen molar-refractivity contribution in [3.05, 3.63) is 54.2 Å². The number of hydrogen-bond donors (Lipinski definition) is 0. The molecule has 0 fully saturated rings. The minimum Gasteiger partial charge on any atom is -0.488 e. The maximum atomic E-state index is 11.2. The largest absolute Gasteiger partial charge is 0.488 e. The molecule has 7 heterocycles. The number of thiophene rings is 2. The van der Waals surface area contributed by atoms with Crippen molar-refractivity contribution < 1.29 is 38.0 Å². The number of aromatic nitrogens is 3. The maximum Gasteiger partial charge on any atom is 0.298 e. The summed E-state index contributed by atoms with van der Waals surface area (Å²) in [7, 11) is 0.